The fourth-order valence-electron chi connectivity index (χ4n) is 3.29. The predicted octanol–water partition coefficient (Wildman–Crippen LogP) is 7.09. The first-order valence-electron chi connectivity index (χ1n) is 13.3. The fourth-order valence-corrected chi connectivity index (χ4v) is 4.58. The Bertz CT molecular complexity index is 1090. The van der Waals surface area contributed by atoms with Gasteiger partial charge in [0.05, 0.1) is 12.3 Å². The first-order valence-corrected chi connectivity index (χ1v) is 14.6. The number of anilines is 1. The number of benzene rings is 2. The van der Waals surface area contributed by atoms with E-state index in [0.717, 1.165) is 37.3 Å². The van der Waals surface area contributed by atoms with Crippen molar-refractivity contribution in [2.24, 2.45) is 0 Å². The smallest absolute Gasteiger partial charge is 0.314 e. The minimum Gasteiger partial charge on any atom is -0.415 e. The molecule has 3 rings (SSSR count). The maximum Gasteiger partial charge on any atom is 0.314 e. The molecule has 3 aromatic rings. The highest BCUT2D eigenvalue weighted by Gasteiger charge is 2.18. The summed E-state index contributed by atoms with van der Waals surface area (Å²) >= 11 is 0. The second kappa shape index (κ2) is 19.1. The summed E-state index contributed by atoms with van der Waals surface area (Å²) < 4.78 is 45.5. The van der Waals surface area contributed by atoms with Crippen molar-refractivity contribution < 1.29 is 22.2 Å². The number of ketones is 1. The number of carbonyl (C=O) groups is 1. The number of halogens is 2. The molecule has 0 N–H and O–H groups in total. The Hall–Kier alpha value is -2.98. The molecule has 1 aromatic heterocycles. The number of hydrogen-bond donors (Lipinski definition) is 0. The highest BCUT2D eigenvalue weighted by Crippen LogP contribution is 2.25. The second-order valence-corrected chi connectivity index (χ2v) is 10.4. The number of carbonyl (C=O) groups excluding carboxylic acids is 1. The molecule has 216 valence electrons. The van der Waals surface area contributed by atoms with Gasteiger partial charge in [-0.25, -0.2) is 4.21 Å². The van der Waals surface area contributed by atoms with Crippen LogP contribution < -0.4 is 4.31 Å². The van der Waals surface area contributed by atoms with Crippen molar-refractivity contribution in [2.45, 2.75) is 67.4 Å². The molecule has 1 heterocycles. The average molecular weight is 565 g/mol. The topological polar surface area (TPSA) is 79.5 Å². The van der Waals surface area contributed by atoms with Crippen LogP contribution in [0.1, 0.15) is 72.3 Å². The number of aromatic nitrogens is 2. The summed E-state index contributed by atoms with van der Waals surface area (Å²) in [5.74, 6) is 0.0593. The Morgan fingerprint density at radius 1 is 0.949 bits per heavy atom. The van der Waals surface area contributed by atoms with Gasteiger partial charge in [0.2, 0.25) is 5.89 Å². The van der Waals surface area contributed by atoms with Crippen molar-refractivity contribution in [3.8, 4) is 11.5 Å². The largest absolute Gasteiger partial charge is 0.415 e. The van der Waals surface area contributed by atoms with E-state index in [1.54, 1.807) is 12.1 Å². The van der Waals surface area contributed by atoms with E-state index < -0.39 is 23.3 Å². The van der Waals surface area contributed by atoms with E-state index in [0.29, 0.717) is 17.9 Å². The van der Waals surface area contributed by atoms with E-state index in [1.165, 1.54) is 20.3 Å². The van der Waals surface area contributed by atoms with Crippen molar-refractivity contribution in [2.75, 3.05) is 29.7 Å². The molecule has 0 bridgehead atoms. The molecule has 0 aliphatic rings. The van der Waals surface area contributed by atoms with Crippen LogP contribution in [-0.2, 0) is 22.3 Å². The average Bonchev–Trinajstić information content (AvgIpc) is 3.41. The van der Waals surface area contributed by atoms with Crippen molar-refractivity contribution in [1.82, 2.24) is 15.1 Å². The quantitative estimate of drug-likeness (QED) is 0.234. The molecule has 1 atom stereocenters. The van der Waals surface area contributed by atoms with Gasteiger partial charge in [0.25, 0.3) is 5.89 Å². The lowest BCUT2D eigenvalue weighted by Crippen LogP contribution is -2.34. The molecular formula is C29H42F2N4O3S. The lowest BCUT2D eigenvalue weighted by molar-refractivity contribution is -0.115. The van der Waals surface area contributed by atoms with Gasteiger partial charge in [0.1, 0.15) is 16.8 Å². The van der Waals surface area contributed by atoms with Gasteiger partial charge in [-0.1, -0.05) is 64.4 Å². The number of nitrogens with zero attached hydrogens (tertiary/aromatic N) is 4. The van der Waals surface area contributed by atoms with E-state index in [9.17, 15) is 17.8 Å². The van der Waals surface area contributed by atoms with Gasteiger partial charge in [0, 0.05) is 17.8 Å². The first-order chi connectivity index (χ1) is 18.7. The molecule has 2 aromatic carbocycles. The third-order valence-corrected chi connectivity index (χ3v) is 6.38. The number of alkyl halides is 2. The maximum atomic E-state index is 13.2. The third-order valence-electron chi connectivity index (χ3n) is 5.01. The lowest BCUT2D eigenvalue weighted by atomic mass is 10.1. The Morgan fingerprint density at radius 2 is 1.54 bits per heavy atom. The van der Waals surface area contributed by atoms with Gasteiger partial charge < -0.3 is 14.1 Å². The molecule has 1 unspecified atom stereocenters. The number of Topliss-reactive ketones (excluding diaryl/α,β-unsaturated/α-hetero) is 1. The molecule has 0 aliphatic carbocycles. The molecule has 0 spiro atoms. The highest BCUT2D eigenvalue weighted by atomic mass is 32.2. The van der Waals surface area contributed by atoms with Gasteiger partial charge in [-0.15, -0.1) is 10.2 Å². The minimum atomic E-state index is -2.80. The summed E-state index contributed by atoms with van der Waals surface area (Å²) in [6, 6.07) is 16.9. The zero-order valence-electron chi connectivity index (χ0n) is 23.9. The van der Waals surface area contributed by atoms with Gasteiger partial charge in [0.15, 0.2) is 0 Å². The van der Waals surface area contributed by atoms with Gasteiger partial charge >= 0.3 is 6.43 Å². The van der Waals surface area contributed by atoms with Crippen LogP contribution in [0.2, 0.25) is 0 Å². The SMILES string of the molecule is CC(C)=O.CCC.CCCN(CC)CCS(=O)N(Cc1ccc(-c2nnc(C(F)F)o2)cc1)c1ccccc1. The molecule has 0 saturated carbocycles. The van der Waals surface area contributed by atoms with Crippen LogP contribution >= 0.6 is 0 Å². The van der Waals surface area contributed by atoms with Crippen molar-refractivity contribution >= 4 is 22.5 Å². The Kier molecular flexibility index (Phi) is 16.7. The van der Waals surface area contributed by atoms with Crippen LogP contribution in [0.25, 0.3) is 11.5 Å². The summed E-state index contributed by atoms with van der Waals surface area (Å²) in [4.78, 5) is 11.7. The van der Waals surface area contributed by atoms with Crippen LogP contribution in [0.5, 0.6) is 0 Å². The number of hydrogen-bond acceptors (Lipinski definition) is 6. The Labute approximate surface area is 234 Å². The lowest BCUT2D eigenvalue weighted by Gasteiger charge is -2.26. The molecule has 0 saturated heterocycles. The normalized spacial score (nSPS) is 11.3. The fraction of sp³-hybridized carbons (Fsp3) is 0.483. The van der Waals surface area contributed by atoms with Gasteiger partial charge in [-0.05, 0) is 63.2 Å². The summed E-state index contributed by atoms with van der Waals surface area (Å²) in [5.41, 5.74) is 2.37. The summed E-state index contributed by atoms with van der Waals surface area (Å²) in [7, 11) is -1.21. The summed E-state index contributed by atoms with van der Waals surface area (Å²) in [5, 5.41) is 7.04. The Morgan fingerprint density at radius 3 is 2.03 bits per heavy atom. The van der Waals surface area contributed by atoms with Crippen LogP contribution in [0.3, 0.4) is 0 Å². The van der Waals surface area contributed by atoms with Crippen LogP contribution in [-0.4, -0.2) is 50.5 Å². The zero-order valence-corrected chi connectivity index (χ0v) is 24.7. The van der Waals surface area contributed by atoms with Crippen molar-refractivity contribution in [3.05, 3.63) is 66.1 Å². The summed E-state index contributed by atoms with van der Waals surface area (Å²) in [6.07, 6.45) is -0.487. The van der Waals surface area contributed by atoms with Gasteiger partial charge in [-0.3, -0.25) is 4.31 Å². The zero-order chi connectivity index (χ0) is 29.2. The van der Waals surface area contributed by atoms with Crippen molar-refractivity contribution in [1.29, 1.82) is 0 Å². The van der Waals surface area contributed by atoms with Crippen LogP contribution in [0.15, 0.2) is 59.0 Å². The van der Waals surface area contributed by atoms with E-state index in [1.807, 2.05) is 46.8 Å². The van der Waals surface area contributed by atoms with Crippen molar-refractivity contribution in [3.63, 3.8) is 0 Å². The standard InChI is InChI=1S/C23H28F2N4O2S.C3H6O.C3H8/c1-3-14-28(4-2)15-16-32(30)29(20-8-6-5-7-9-20)17-18-10-12-19(13-11-18)22-26-27-23(31-22)21(24)25;1-3(2)4;1-3-2/h5-13,21H,3-4,14-17H2,1-2H3;1-2H3;3H2,1-2H3. The molecule has 10 heteroatoms. The van der Waals surface area contributed by atoms with Gasteiger partial charge in [-0.2, -0.15) is 8.78 Å². The predicted molar refractivity (Wildman–Crippen MR) is 155 cm³/mol. The molecule has 0 fully saturated rings. The maximum absolute atomic E-state index is 13.2. The monoisotopic (exact) mass is 564 g/mol. The molecule has 39 heavy (non-hydrogen) atoms. The molecule has 0 amide bonds. The molecule has 0 aliphatic heterocycles. The van der Waals surface area contributed by atoms with E-state index >= 15 is 0 Å². The van der Waals surface area contributed by atoms with Crippen LogP contribution in [0, 0.1) is 0 Å². The van der Waals surface area contributed by atoms with E-state index in [4.69, 9.17) is 4.42 Å². The first kappa shape index (κ1) is 34.0. The minimum absolute atomic E-state index is 0.0472. The number of para-hydroxylation sites is 1. The third kappa shape index (κ3) is 13.1. The highest BCUT2D eigenvalue weighted by molar-refractivity contribution is 7.86. The van der Waals surface area contributed by atoms with Crippen LogP contribution in [0.4, 0.5) is 14.5 Å². The summed E-state index contributed by atoms with van der Waals surface area (Å²) in [6.45, 7) is 14.7. The molecule has 0 radical (unpaired) electrons. The van der Waals surface area contributed by atoms with E-state index in [2.05, 4.69) is 42.8 Å². The molecular weight excluding hydrogens is 522 g/mol. The number of rotatable bonds is 12. The Balaban J connectivity index is 0.000000975. The van der Waals surface area contributed by atoms with E-state index in [-0.39, 0.29) is 11.7 Å². The molecule has 7 nitrogen and oxygen atoms in total. The second-order valence-electron chi connectivity index (χ2n) is 8.89.